The van der Waals surface area contributed by atoms with Gasteiger partial charge in [-0.15, -0.1) is 0 Å². The molecule has 1 amide bonds. The van der Waals surface area contributed by atoms with Gasteiger partial charge in [0.2, 0.25) is 0 Å². The summed E-state index contributed by atoms with van der Waals surface area (Å²) in [6, 6.07) is 17.1. The highest BCUT2D eigenvalue weighted by Gasteiger charge is 2.21. The average Bonchev–Trinajstić information content (AvgIpc) is 2.99. The second-order valence-corrected chi connectivity index (χ2v) is 5.58. The predicted octanol–water partition coefficient (Wildman–Crippen LogP) is 3.25. The Balaban J connectivity index is 1.92. The molecule has 4 heteroatoms. The van der Waals surface area contributed by atoms with E-state index >= 15 is 0 Å². The first-order valence-electron chi connectivity index (χ1n) is 7.55. The molecule has 0 bridgehead atoms. The van der Waals surface area contributed by atoms with Crippen LogP contribution in [-0.2, 0) is 7.05 Å². The Bertz CT molecular complexity index is 791. The van der Waals surface area contributed by atoms with Crippen molar-refractivity contribution in [2.24, 2.45) is 7.05 Å². The Labute approximate surface area is 135 Å². The number of imidazole rings is 1. The fraction of sp³-hybridized carbons (Fsp3) is 0.158. The van der Waals surface area contributed by atoms with Crippen molar-refractivity contribution in [3.05, 3.63) is 89.5 Å². The number of aryl methyl sites for hydroxylation is 2. The molecule has 23 heavy (non-hydrogen) atoms. The Morgan fingerprint density at radius 1 is 1.09 bits per heavy atom. The molecule has 4 nitrogen and oxygen atoms in total. The van der Waals surface area contributed by atoms with Crippen LogP contribution in [0.3, 0.4) is 0 Å². The van der Waals surface area contributed by atoms with E-state index in [0.717, 1.165) is 17.0 Å². The second kappa shape index (κ2) is 6.48. The van der Waals surface area contributed by atoms with Gasteiger partial charge in [0, 0.05) is 25.0 Å². The Morgan fingerprint density at radius 3 is 2.39 bits per heavy atom. The van der Waals surface area contributed by atoms with Gasteiger partial charge in [0.25, 0.3) is 5.91 Å². The van der Waals surface area contributed by atoms with Crippen LogP contribution in [0.25, 0.3) is 0 Å². The van der Waals surface area contributed by atoms with Gasteiger partial charge in [0.15, 0.2) is 0 Å². The third kappa shape index (κ3) is 3.31. The molecular formula is C19H19N3O. The predicted molar refractivity (Wildman–Crippen MR) is 90.1 cm³/mol. The van der Waals surface area contributed by atoms with Gasteiger partial charge in [-0.1, -0.05) is 48.0 Å². The maximum Gasteiger partial charge on any atom is 0.252 e. The largest absolute Gasteiger partial charge is 0.338 e. The lowest BCUT2D eigenvalue weighted by Gasteiger charge is -2.19. The van der Waals surface area contributed by atoms with Crippen LogP contribution in [0, 0.1) is 6.92 Å². The fourth-order valence-electron chi connectivity index (χ4n) is 2.52. The number of hydrogen-bond donors (Lipinski definition) is 1. The number of nitrogens with zero attached hydrogens (tertiary/aromatic N) is 2. The lowest BCUT2D eigenvalue weighted by atomic mass is 10.1. The van der Waals surface area contributed by atoms with Crippen molar-refractivity contribution < 1.29 is 4.79 Å². The third-order valence-electron chi connectivity index (χ3n) is 3.84. The van der Waals surface area contributed by atoms with Crippen molar-refractivity contribution >= 4 is 5.91 Å². The Kier molecular flexibility index (Phi) is 4.24. The summed E-state index contributed by atoms with van der Waals surface area (Å²) in [7, 11) is 1.93. The highest BCUT2D eigenvalue weighted by molar-refractivity contribution is 5.94. The summed E-state index contributed by atoms with van der Waals surface area (Å²) in [5.74, 6) is 0.693. The molecule has 116 valence electrons. The van der Waals surface area contributed by atoms with Crippen molar-refractivity contribution in [2.45, 2.75) is 13.0 Å². The minimum atomic E-state index is -0.287. The minimum Gasteiger partial charge on any atom is -0.338 e. The summed E-state index contributed by atoms with van der Waals surface area (Å²) in [6.45, 7) is 2.00. The van der Waals surface area contributed by atoms with E-state index in [-0.39, 0.29) is 11.9 Å². The van der Waals surface area contributed by atoms with E-state index < -0.39 is 0 Å². The lowest BCUT2D eigenvalue weighted by Crippen LogP contribution is -2.31. The van der Waals surface area contributed by atoms with Gasteiger partial charge in [0.05, 0.1) is 0 Å². The zero-order chi connectivity index (χ0) is 16.2. The normalized spacial score (nSPS) is 11.9. The molecule has 0 radical (unpaired) electrons. The summed E-state index contributed by atoms with van der Waals surface area (Å²) >= 11 is 0. The number of benzene rings is 2. The molecule has 1 heterocycles. The van der Waals surface area contributed by atoms with Crippen LogP contribution >= 0.6 is 0 Å². The number of carbonyl (C=O) groups excluding carboxylic acids is 1. The summed E-state index contributed by atoms with van der Waals surface area (Å²) in [6.07, 6.45) is 3.62. The number of amides is 1. The van der Waals surface area contributed by atoms with Crippen LogP contribution in [0.2, 0.25) is 0 Å². The van der Waals surface area contributed by atoms with Crippen LogP contribution in [0.5, 0.6) is 0 Å². The average molecular weight is 305 g/mol. The first kappa shape index (κ1) is 15.0. The van der Waals surface area contributed by atoms with Crippen molar-refractivity contribution in [2.75, 3.05) is 0 Å². The van der Waals surface area contributed by atoms with Gasteiger partial charge < -0.3 is 9.88 Å². The Morgan fingerprint density at radius 2 is 1.78 bits per heavy atom. The quantitative estimate of drug-likeness (QED) is 0.804. The maximum absolute atomic E-state index is 12.6. The standard InChI is InChI=1S/C19H19N3O/c1-14-8-10-16(11-9-14)19(23)21-17(15-6-4-3-5-7-15)18-20-12-13-22(18)2/h3-13,17H,1-2H3,(H,21,23)/t17-/m0/s1. The number of hydrogen-bond acceptors (Lipinski definition) is 2. The molecule has 1 aromatic heterocycles. The summed E-state index contributed by atoms with van der Waals surface area (Å²) < 4.78 is 1.92. The fourth-order valence-corrected chi connectivity index (χ4v) is 2.52. The molecule has 0 saturated heterocycles. The van der Waals surface area contributed by atoms with Crippen LogP contribution in [-0.4, -0.2) is 15.5 Å². The van der Waals surface area contributed by atoms with E-state index in [1.165, 1.54) is 0 Å². The highest BCUT2D eigenvalue weighted by atomic mass is 16.1. The third-order valence-corrected chi connectivity index (χ3v) is 3.84. The van der Waals surface area contributed by atoms with Gasteiger partial charge >= 0.3 is 0 Å². The molecule has 0 spiro atoms. The van der Waals surface area contributed by atoms with E-state index in [2.05, 4.69) is 10.3 Å². The molecule has 1 atom stereocenters. The van der Waals surface area contributed by atoms with E-state index in [1.54, 1.807) is 6.20 Å². The molecule has 3 rings (SSSR count). The lowest BCUT2D eigenvalue weighted by molar-refractivity contribution is 0.0941. The van der Waals surface area contributed by atoms with Gasteiger partial charge in [-0.2, -0.15) is 0 Å². The van der Waals surface area contributed by atoms with E-state index in [4.69, 9.17) is 0 Å². The van der Waals surface area contributed by atoms with Gasteiger partial charge in [-0.05, 0) is 24.6 Å². The molecule has 0 saturated carbocycles. The number of nitrogens with one attached hydrogen (secondary N) is 1. The van der Waals surface area contributed by atoms with E-state index in [1.807, 2.05) is 79.3 Å². The van der Waals surface area contributed by atoms with Crippen molar-refractivity contribution in [1.29, 1.82) is 0 Å². The second-order valence-electron chi connectivity index (χ2n) is 5.58. The molecular weight excluding hydrogens is 286 g/mol. The smallest absolute Gasteiger partial charge is 0.252 e. The first-order valence-corrected chi connectivity index (χ1v) is 7.55. The number of carbonyl (C=O) groups is 1. The summed E-state index contributed by atoms with van der Waals surface area (Å²) in [5.41, 5.74) is 2.78. The van der Waals surface area contributed by atoms with Crippen molar-refractivity contribution in [1.82, 2.24) is 14.9 Å². The molecule has 0 aliphatic carbocycles. The molecule has 0 aliphatic heterocycles. The van der Waals surface area contributed by atoms with Gasteiger partial charge in [-0.3, -0.25) is 4.79 Å². The zero-order valence-electron chi connectivity index (χ0n) is 13.2. The van der Waals surface area contributed by atoms with Gasteiger partial charge in [-0.25, -0.2) is 4.98 Å². The van der Waals surface area contributed by atoms with Crippen LogP contribution in [0.4, 0.5) is 0 Å². The molecule has 1 N–H and O–H groups in total. The minimum absolute atomic E-state index is 0.109. The van der Waals surface area contributed by atoms with Gasteiger partial charge in [0.1, 0.15) is 11.9 Å². The topological polar surface area (TPSA) is 46.9 Å². The zero-order valence-corrected chi connectivity index (χ0v) is 13.2. The number of rotatable bonds is 4. The molecule has 0 unspecified atom stereocenters. The number of aromatic nitrogens is 2. The monoisotopic (exact) mass is 305 g/mol. The van der Waals surface area contributed by atoms with Crippen LogP contribution in [0.1, 0.15) is 33.4 Å². The van der Waals surface area contributed by atoms with Crippen LogP contribution < -0.4 is 5.32 Å². The first-order chi connectivity index (χ1) is 11.1. The van der Waals surface area contributed by atoms with E-state index in [9.17, 15) is 4.79 Å². The van der Waals surface area contributed by atoms with E-state index in [0.29, 0.717) is 5.56 Å². The molecule has 0 fully saturated rings. The summed E-state index contributed by atoms with van der Waals surface area (Å²) in [5, 5.41) is 3.09. The van der Waals surface area contributed by atoms with Crippen molar-refractivity contribution in [3.63, 3.8) is 0 Å². The molecule has 2 aromatic carbocycles. The van der Waals surface area contributed by atoms with Crippen LogP contribution in [0.15, 0.2) is 67.0 Å². The maximum atomic E-state index is 12.6. The molecule has 3 aromatic rings. The highest BCUT2D eigenvalue weighted by Crippen LogP contribution is 2.20. The summed E-state index contributed by atoms with van der Waals surface area (Å²) in [4.78, 5) is 17.0. The SMILES string of the molecule is Cc1ccc(C(=O)N[C@@H](c2ccccc2)c2nccn2C)cc1. The van der Waals surface area contributed by atoms with Crippen molar-refractivity contribution in [3.8, 4) is 0 Å². The molecule has 0 aliphatic rings. The Hall–Kier alpha value is -2.88.